The van der Waals surface area contributed by atoms with Gasteiger partial charge >= 0.3 is 0 Å². The Labute approximate surface area is 78.1 Å². The van der Waals surface area contributed by atoms with Gasteiger partial charge in [0.25, 0.3) is 0 Å². The predicted molar refractivity (Wildman–Crippen MR) is 51.1 cm³/mol. The maximum Gasteiger partial charge on any atom is 0.226 e. The van der Waals surface area contributed by atoms with E-state index in [1.54, 1.807) is 0 Å². The highest BCUT2D eigenvalue weighted by atomic mass is 16.1. The van der Waals surface area contributed by atoms with Crippen LogP contribution in [-0.2, 0) is 4.79 Å². The lowest BCUT2D eigenvalue weighted by molar-refractivity contribution is -0.120. The molecule has 1 unspecified atom stereocenters. The summed E-state index contributed by atoms with van der Waals surface area (Å²) in [6, 6.07) is 0.140. The first-order valence-corrected chi connectivity index (χ1v) is 4.36. The summed E-state index contributed by atoms with van der Waals surface area (Å²) in [6.45, 7) is 6.01. The van der Waals surface area contributed by atoms with Gasteiger partial charge in [-0.2, -0.15) is 0 Å². The van der Waals surface area contributed by atoms with Gasteiger partial charge in [0.05, 0.1) is 0 Å². The van der Waals surface area contributed by atoms with Crippen LogP contribution in [0.3, 0.4) is 0 Å². The molecule has 0 bridgehead atoms. The van der Waals surface area contributed by atoms with Gasteiger partial charge in [-0.05, 0) is 24.8 Å². The summed E-state index contributed by atoms with van der Waals surface area (Å²) >= 11 is 0. The number of rotatable bonds is 5. The molecule has 5 heteroatoms. The van der Waals surface area contributed by atoms with Gasteiger partial charge in [-0.1, -0.05) is 19.0 Å². The van der Waals surface area contributed by atoms with E-state index >= 15 is 0 Å². The zero-order valence-electron chi connectivity index (χ0n) is 8.32. The van der Waals surface area contributed by atoms with Crippen molar-refractivity contribution in [2.45, 2.75) is 33.2 Å². The van der Waals surface area contributed by atoms with Crippen LogP contribution in [-0.4, -0.2) is 18.5 Å². The summed E-state index contributed by atoms with van der Waals surface area (Å²) in [6.07, 6.45) is 0.933. The van der Waals surface area contributed by atoms with Crippen LogP contribution >= 0.6 is 0 Å². The minimum absolute atomic E-state index is 0.112. The molecule has 0 aromatic heterocycles. The van der Waals surface area contributed by atoms with Crippen LogP contribution < -0.4 is 5.32 Å². The van der Waals surface area contributed by atoms with Crippen LogP contribution in [0.4, 0.5) is 0 Å². The Morgan fingerprint density at radius 3 is 2.62 bits per heavy atom. The number of nitrogens with zero attached hydrogens (tertiary/aromatic N) is 3. The van der Waals surface area contributed by atoms with E-state index < -0.39 is 0 Å². The maximum atomic E-state index is 11.0. The fourth-order valence-corrected chi connectivity index (χ4v) is 1.18. The average molecular weight is 184 g/mol. The normalized spacial score (nSPS) is 12.0. The molecule has 1 amide bonds. The minimum Gasteiger partial charge on any atom is -0.354 e. The molecule has 0 aliphatic rings. The van der Waals surface area contributed by atoms with Crippen molar-refractivity contribution < 1.29 is 4.79 Å². The molecule has 13 heavy (non-hydrogen) atoms. The summed E-state index contributed by atoms with van der Waals surface area (Å²) in [7, 11) is 0. The third-order valence-corrected chi connectivity index (χ3v) is 1.51. The summed E-state index contributed by atoms with van der Waals surface area (Å²) in [5, 5.41) is 5.91. The quantitative estimate of drug-likeness (QED) is 0.395. The average Bonchev–Trinajstić information content (AvgIpc) is 1.98. The zero-order valence-corrected chi connectivity index (χ0v) is 8.32. The molecule has 0 fully saturated rings. The van der Waals surface area contributed by atoms with Crippen molar-refractivity contribution in [2.75, 3.05) is 6.54 Å². The molecule has 74 valence electrons. The van der Waals surface area contributed by atoms with Crippen molar-refractivity contribution in [3.63, 3.8) is 0 Å². The van der Waals surface area contributed by atoms with Crippen molar-refractivity contribution >= 4 is 5.91 Å². The first-order chi connectivity index (χ1) is 6.06. The standard InChI is InChI=1S/C8H16N4O/c1-6(2)4-7(3)11-8(13)5-10-12-9/h6-7H,4-5H2,1-3H3,(H,11,13). The van der Waals surface area contributed by atoms with Crippen molar-refractivity contribution in [1.29, 1.82) is 0 Å². The number of nitrogens with one attached hydrogen (secondary N) is 1. The molecule has 0 aromatic rings. The molecule has 0 saturated heterocycles. The van der Waals surface area contributed by atoms with Gasteiger partial charge in [0.2, 0.25) is 5.91 Å². The van der Waals surface area contributed by atoms with Gasteiger partial charge in [0.1, 0.15) is 6.54 Å². The third-order valence-electron chi connectivity index (χ3n) is 1.51. The van der Waals surface area contributed by atoms with E-state index in [-0.39, 0.29) is 18.5 Å². The highest BCUT2D eigenvalue weighted by molar-refractivity contribution is 5.78. The SMILES string of the molecule is CC(C)CC(C)NC(=O)CN=[N+]=[N-]. The smallest absolute Gasteiger partial charge is 0.226 e. The molecule has 0 aliphatic carbocycles. The first-order valence-electron chi connectivity index (χ1n) is 4.36. The summed E-state index contributed by atoms with van der Waals surface area (Å²) in [5.74, 6) is 0.334. The van der Waals surface area contributed by atoms with Gasteiger partial charge in [-0.3, -0.25) is 4.79 Å². The van der Waals surface area contributed by atoms with Crippen LogP contribution in [0.2, 0.25) is 0 Å². The molecule has 0 rings (SSSR count). The number of amides is 1. The van der Waals surface area contributed by atoms with Crippen LogP contribution in [0.25, 0.3) is 10.4 Å². The fourth-order valence-electron chi connectivity index (χ4n) is 1.18. The largest absolute Gasteiger partial charge is 0.354 e. The molecule has 1 N–H and O–H groups in total. The fraction of sp³-hybridized carbons (Fsp3) is 0.875. The second-order valence-electron chi connectivity index (χ2n) is 3.49. The summed E-state index contributed by atoms with van der Waals surface area (Å²) in [5.41, 5.74) is 7.97. The van der Waals surface area contributed by atoms with E-state index in [4.69, 9.17) is 5.53 Å². The number of hydrogen-bond donors (Lipinski definition) is 1. The lowest BCUT2D eigenvalue weighted by atomic mass is 10.1. The lowest BCUT2D eigenvalue weighted by Gasteiger charge is -2.14. The highest BCUT2D eigenvalue weighted by Crippen LogP contribution is 2.03. The molecule has 1 atom stereocenters. The second kappa shape index (κ2) is 6.31. The van der Waals surface area contributed by atoms with Gasteiger partial charge < -0.3 is 5.32 Å². The Bertz CT molecular complexity index is 208. The Morgan fingerprint density at radius 2 is 2.15 bits per heavy atom. The van der Waals surface area contributed by atoms with Crippen molar-refractivity contribution in [2.24, 2.45) is 11.0 Å². The first kappa shape index (κ1) is 11.8. The van der Waals surface area contributed by atoms with Gasteiger partial charge in [0.15, 0.2) is 0 Å². The number of hydrogen-bond acceptors (Lipinski definition) is 2. The molecule has 0 heterocycles. The van der Waals surface area contributed by atoms with E-state index in [1.165, 1.54) is 0 Å². The van der Waals surface area contributed by atoms with Crippen LogP contribution in [0.15, 0.2) is 5.11 Å². The topological polar surface area (TPSA) is 77.9 Å². The minimum atomic E-state index is -0.217. The van der Waals surface area contributed by atoms with Gasteiger partial charge in [-0.15, -0.1) is 0 Å². The van der Waals surface area contributed by atoms with Crippen LogP contribution in [0, 0.1) is 5.92 Å². The summed E-state index contributed by atoms with van der Waals surface area (Å²) < 4.78 is 0. The van der Waals surface area contributed by atoms with E-state index in [9.17, 15) is 4.79 Å². The molecule has 0 aromatic carbocycles. The molecular formula is C8H16N4O. The number of carbonyl (C=O) groups is 1. The Morgan fingerprint density at radius 1 is 1.54 bits per heavy atom. The van der Waals surface area contributed by atoms with E-state index in [1.807, 2.05) is 6.92 Å². The van der Waals surface area contributed by atoms with Crippen molar-refractivity contribution in [1.82, 2.24) is 5.32 Å². The van der Waals surface area contributed by atoms with Crippen LogP contribution in [0.5, 0.6) is 0 Å². The Kier molecular flexibility index (Phi) is 5.72. The zero-order chi connectivity index (χ0) is 10.3. The van der Waals surface area contributed by atoms with Crippen molar-refractivity contribution in [3.05, 3.63) is 10.4 Å². The van der Waals surface area contributed by atoms with E-state index in [0.717, 1.165) is 6.42 Å². The molecule has 0 aliphatic heterocycles. The Hall–Kier alpha value is -1.22. The van der Waals surface area contributed by atoms with E-state index in [2.05, 4.69) is 29.2 Å². The predicted octanol–water partition coefficient (Wildman–Crippen LogP) is 1.85. The molecule has 5 nitrogen and oxygen atoms in total. The van der Waals surface area contributed by atoms with Crippen molar-refractivity contribution in [3.8, 4) is 0 Å². The van der Waals surface area contributed by atoms with Gasteiger partial charge in [0, 0.05) is 11.0 Å². The third kappa shape index (κ3) is 7.15. The molecular weight excluding hydrogens is 168 g/mol. The monoisotopic (exact) mass is 184 g/mol. The lowest BCUT2D eigenvalue weighted by Crippen LogP contribution is -2.34. The Balaban J connectivity index is 3.71. The highest BCUT2D eigenvalue weighted by Gasteiger charge is 2.07. The van der Waals surface area contributed by atoms with Crippen LogP contribution in [0.1, 0.15) is 27.2 Å². The molecule has 0 saturated carbocycles. The molecule has 0 radical (unpaired) electrons. The second-order valence-corrected chi connectivity index (χ2v) is 3.49. The van der Waals surface area contributed by atoms with E-state index in [0.29, 0.717) is 5.92 Å². The number of azide groups is 1. The number of carbonyl (C=O) groups excluding carboxylic acids is 1. The maximum absolute atomic E-state index is 11.0. The molecule has 0 spiro atoms. The van der Waals surface area contributed by atoms with Gasteiger partial charge in [-0.25, -0.2) is 0 Å². The summed E-state index contributed by atoms with van der Waals surface area (Å²) in [4.78, 5) is 13.5.